The zero-order valence-corrected chi connectivity index (χ0v) is 13.8. The molecule has 9 nitrogen and oxygen atoms in total. The molecule has 24 heavy (non-hydrogen) atoms. The Bertz CT molecular complexity index is 474. The largest absolute Gasteiger partial charge is 0.457 e. The van der Waals surface area contributed by atoms with Gasteiger partial charge >= 0.3 is 17.9 Å². The van der Waals surface area contributed by atoms with Gasteiger partial charge < -0.3 is 29.7 Å². The van der Waals surface area contributed by atoms with E-state index in [1.54, 1.807) is 0 Å². The van der Waals surface area contributed by atoms with Gasteiger partial charge in [0.2, 0.25) is 0 Å². The minimum Gasteiger partial charge on any atom is -0.457 e. The van der Waals surface area contributed by atoms with Gasteiger partial charge in [0.1, 0.15) is 0 Å². The minimum absolute atomic E-state index is 0.0974. The molecule has 1 unspecified atom stereocenters. The summed E-state index contributed by atoms with van der Waals surface area (Å²) in [7, 11) is 0. The van der Waals surface area contributed by atoms with Crippen LogP contribution in [-0.4, -0.2) is 70.7 Å². The quantitative estimate of drug-likeness (QED) is 0.419. The topological polar surface area (TPSA) is 131 Å². The van der Waals surface area contributed by atoms with Gasteiger partial charge in [0.25, 0.3) is 0 Å². The second kappa shape index (κ2) is 7.45. The highest BCUT2D eigenvalue weighted by atomic mass is 16.6. The van der Waals surface area contributed by atoms with Gasteiger partial charge in [0.15, 0.2) is 18.3 Å². The molecule has 7 atom stereocenters. The normalized spacial score (nSPS) is 38.6. The number of aliphatic hydroxyl groups is 2. The van der Waals surface area contributed by atoms with Crippen molar-refractivity contribution in [3.63, 3.8) is 0 Å². The molecule has 9 heteroatoms. The molecule has 0 aromatic rings. The summed E-state index contributed by atoms with van der Waals surface area (Å²) in [4.78, 5) is 34.4. The lowest BCUT2D eigenvalue weighted by Gasteiger charge is -2.44. The molecule has 0 spiro atoms. The molecule has 2 bridgehead atoms. The van der Waals surface area contributed by atoms with Crippen LogP contribution < -0.4 is 5.32 Å². The van der Waals surface area contributed by atoms with Crippen molar-refractivity contribution >= 4 is 17.9 Å². The van der Waals surface area contributed by atoms with Gasteiger partial charge in [-0.15, -0.1) is 0 Å². The van der Waals surface area contributed by atoms with Crippen molar-refractivity contribution in [2.75, 3.05) is 0 Å². The van der Waals surface area contributed by atoms with Crippen LogP contribution in [0.4, 0.5) is 0 Å². The first-order chi connectivity index (χ1) is 11.2. The maximum absolute atomic E-state index is 11.5. The fourth-order valence-corrected chi connectivity index (χ4v) is 3.36. The van der Waals surface area contributed by atoms with Crippen molar-refractivity contribution < 1.29 is 38.8 Å². The molecule has 0 aliphatic carbocycles. The summed E-state index contributed by atoms with van der Waals surface area (Å²) in [6, 6.07) is -1.11. The first-order valence-electron chi connectivity index (χ1n) is 7.83. The lowest BCUT2D eigenvalue weighted by atomic mass is 9.88. The second-order valence-corrected chi connectivity index (χ2v) is 6.21. The van der Waals surface area contributed by atoms with E-state index < -0.39 is 60.5 Å². The van der Waals surface area contributed by atoms with Crippen LogP contribution in [0, 0.1) is 0 Å². The summed E-state index contributed by atoms with van der Waals surface area (Å²) in [6.07, 6.45) is -4.82. The van der Waals surface area contributed by atoms with Gasteiger partial charge in [-0.05, 0) is 12.8 Å². The Morgan fingerprint density at radius 2 is 1.08 bits per heavy atom. The summed E-state index contributed by atoms with van der Waals surface area (Å²) < 4.78 is 15.8. The smallest absolute Gasteiger partial charge is 0.303 e. The Kier molecular flexibility index (Phi) is 5.79. The lowest BCUT2D eigenvalue weighted by Crippen LogP contribution is -2.67. The van der Waals surface area contributed by atoms with Gasteiger partial charge in [-0.2, -0.15) is 0 Å². The summed E-state index contributed by atoms with van der Waals surface area (Å²) in [5.41, 5.74) is 0. The fraction of sp³-hybridized carbons (Fsp3) is 0.800. The number of carbonyl (C=O) groups excluding carboxylic acids is 3. The number of ether oxygens (including phenoxy) is 3. The zero-order chi connectivity index (χ0) is 18.0. The van der Waals surface area contributed by atoms with E-state index in [9.17, 15) is 24.6 Å². The number of fused-ring (bicyclic) bond motifs is 2. The molecule has 0 amide bonds. The first kappa shape index (κ1) is 18.6. The third-order valence-corrected chi connectivity index (χ3v) is 4.21. The average Bonchev–Trinajstić information content (AvgIpc) is 2.56. The van der Waals surface area contributed by atoms with E-state index in [-0.39, 0.29) is 12.8 Å². The zero-order valence-electron chi connectivity index (χ0n) is 13.8. The Morgan fingerprint density at radius 1 is 0.750 bits per heavy atom. The summed E-state index contributed by atoms with van der Waals surface area (Å²) in [6.45, 7) is 3.62. The van der Waals surface area contributed by atoms with E-state index in [0.717, 1.165) is 0 Å². The number of nitrogens with one attached hydrogen (secondary N) is 1. The molecule has 2 heterocycles. The number of rotatable bonds is 3. The predicted molar refractivity (Wildman–Crippen MR) is 78.6 cm³/mol. The predicted octanol–water partition coefficient (Wildman–Crippen LogP) is -1.36. The third-order valence-electron chi connectivity index (χ3n) is 4.21. The SMILES string of the molecule is CC(=O)OC1[C@@H](OC(C)=O)[C@H]2C[C@H](O)[C@H](O)C[C@H](N2)[C@H]1OC(C)=O. The lowest BCUT2D eigenvalue weighted by molar-refractivity contribution is -0.197. The third kappa shape index (κ3) is 4.22. The second-order valence-electron chi connectivity index (χ2n) is 6.21. The number of esters is 3. The van der Waals surface area contributed by atoms with Gasteiger partial charge in [-0.1, -0.05) is 0 Å². The van der Waals surface area contributed by atoms with Crippen LogP contribution in [0.2, 0.25) is 0 Å². The van der Waals surface area contributed by atoms with Crippen molar-refractivity contribution in [1.29, 1.82) is 0 Å². The van der Waals surface area contributed by atoms with E-state index >= 15 is 0 Å². The van der Waals surface area contributed by atoms with Crippen LogP contribution in [0.1, 0.15) is 33.6 Å². The van der Waals surface area contributed by atoms with E-state index in [2.05, 4.69) is 5.32 Å². The maximum Gasteiger partial charge on any atom is 0.303 e. The molecule has 0 aromatic carbocycles. The molecule has 0 saturated carbocycles. The monoisotopic (exact) mass is 345 g/mol. The van der Waals surface area contributed by atoms with E-state index in [0.29, 0.717) is 0 Å². The van der Waals surface area contributed by atoms with Crippen LogP contribution >= 0.6 is 0 Å². The van der Waals surface area contributed by atoms with Crippen molar-refractivity contribution in [1.82, 2.24) is 5.32 Å². The molecule has 0 radical (unpaired) electrons. The molecular formula is C15H23NO8. The highest BCUT2D eigenvalue weighted by molar-refractivity contribution is 5.68. The van der Waals surface area contributed by atoms with Crippen LogP contribution in [0.5, 0.6) is 0 Å². The van der Waals surface area contributed by atoms with Crippen molar-refractivity contribution in [2.24, 2.45) is 0 Å². The maximum atomic E-state index is 11.5. The summed E-state index contributed by atoms with van der Waals surface area (Å²) in [5, 5.41) is 23.2. The fourth-order valence-electron chi connectivity index (χ4n) is 3.36. The number of piperidine rings is 1. The van der Waals surface area contributed by atoms with E-state index in [1.165, 1.54) is 20.8 Å². The van der Waals surface area contributed by atoms with Gasteiger partial charge in [-0.25, -0.2) is 0 Å². The van der Waals surface area contributed by atoms with Crippen LogP contribution in [0.3, 0.4) is 0 Å². The molecule has 136 valence electrons. The van der Waals surface area contributed by atoms with Crippen LogP contribution in [0.15, 0.2) is 0 Å². The minimum atomic E-state index is -1.04. The average molecular weight is 345 g/mol. The summed E-state index contributed by atoms with van der Waals surface area (Å²) >= 11 is 0. The highest BCUT2D eigenvalue weighted by Gasteiger charge is 2.53. The Labute approximate surface area is 139 Å². The number of hydrogen-bond donors (Lipinski definition) is 3. The molecule has 0 aromatic heterocycles. The van der Waals surface area contributed by atoms with Gasteiger partial charge in [0, 0.05) is 20.8 Å². The van der Waals surface area contributed by atoms with Gasteiger partial charge in [-0.3, -0.25) is 14.4 Å². The molecule has 2 rings (SSSR count). The Morgan fingerprint density at radius 3 is 1.42 bits per heavy atom. The number of hydrogen-bond acceptors (Lipinski definition) is 9. The van der Waals surface area contributed by atoms with Crippen molar-refractivity contribution in [2.45, 2.75) is 76.2 Å². The summed E-state index contributed by atoms with van der Waals surface area (Å²) in [5.74, 6) is -1.81. The molecule has 2 aliphatic heterocycles. The Hall–Kier alpha value is -1.71. The highest BCUT2D eigenvalue weighted by Crippen LogP contribution is 2.32. The van der Waals surface area contributed by atoms with Crippen LogP contribution in [0.25, 0.3) is 0 Å². The van der Waals surface area contributed by atoms with E-state index in [4.69, 9.17) is 14.2 Å². The standard InChI is InChI=1S/C15H23NO8/c1-6(17)22-13-9-4-11(20)12(21)5-10(16-9)14(23-7(2)18)15(13)24-8(3)19/h9-16,20-21H,4-5H2,1-3H3/t9-,10+,11+,12-,13+,14-,15?. The van der Waals surface area contributed by atoms with Crippen molar-refractivity contribution in [3.8, 4) is 0 Å². The number of aliphatic hydroxyl groups excluding tert-OH is 2. The Balaban J connectivity index is 2.39. The molecule has 2 saturated heterocycles. The van der Waals surface area contributed by atoms with E-state index in [1.807, 2.05) is 0 Å². The first-order valence-corrected chi connectivity index (χ1v) is 7.83. The number of carbonyl (C=O) groups is 3. The van der Waals surface area contributed by atoms with Crippen molar-refractivity contribution in [3.05, 3.63) is 0 Å². The molecule has 2 aliphatic rings. The van der Waals surface area contributed by atoms with Crippen LogP contribution in [-0.2, 0) is 28.6 Å². The molecule has 3 N–H and O–H groups in total. The van der Waals surface area contributed by atoms with Gasteiger partial charge in [0.05, 0.1) is 24.3 Å². The molecule has 2 fully saturated rings. The molecular weight excluding hydrogens is 322 g/mol.